The van der Waals surface area contributed by atoms with Crippen LogP contribution in [0.4, 0.5) is 11.4 Å². The smallest absolute Gasteiger partial charge is 0.142 e. The summed E-state index contributed by atoms with van der Waals surface area (Å²) in [6.45, 7) is 1.96. The van der Waals surface area contributed by atoms with Crippen LogP contribution >= 0.6 is 0 Å². The van der Waals surface area contributed by atoms with Crippen molar-refractivity contribution in [3.05, 3.63) is 47.5 Å². The number of anilines is 2. The molecule has 0 heterocycles. The van der Waals surface area contributed by atoms with Crippen LogP contribution in [0, 0.1) is 18.3 Å². The van der Waals surface area contributed by atoms with E-state index in [4.69, 9.17) is 9.47 Å². The summed E-state index contributed by atoms with van der Waals surface area (Å²) in [5, 5.41) is 12.4. The molecular weight excluding hydrogens is 252 g/mol. The lowest BCUT2D eigenvalue weighted by Crippen LogP contribution is -1.98. The molecule has 0 unspecified atom stereocenters. The van der Waals surface area contributed by atoms with Gasteiger partial charge in [0.15, 0.2) is 0 Å². The highest BCUT2D eigenvalue weighted by Gasteiger charge is 2.08. The first-order valence-corrected chi connectivity index (χ1v) is 6.17. The SMILES string of the molecule is COc1ccc(OC)c(Nc2ccc(C)cc2C#N)c1. The van der Waals surface area contributed by atoms with Crippen LogP contribution in [0.25, 0.3) is 0 Å². The number of nitriles is 1. The van der Waals surface area contributed by atoms with Crippen LogP contribution in [-0.2, 0) is 0 Å². The zero-order valence-electron chi connectivity index (χ0n) is 11.7. The summed E-state index contributed by atoms with van der Waals surface area (Å²) in [7, 11) is 3.21. The molecule has 0 spiro atoms. The summed E-state index contributed by atoms with van der Waals surface area (Å²) in [4.78, 5) is 0. The van der Waals surface area contributed by atoms with Gasteiger partial charge in [0, 0.05) is 6.07 Å². The minimum Gasteiger partial charge on any atom is -0.497 e. The fourth-order valence-electron chi connectivity index (χ4n) is 1.92. The number of aryl methyl sites for hydroxylation is 1. The molecule has 0 amide bonds. The molecule has 0 aromatic heterocycles. The van der Waals surface area contributed by atoms with Gasteiger partial charge in [-0.15, -0.1) is 0 Å². The van der Waals surface area contributed by atoms with E-state index in [1.807, 2.05) is 43.3 Å². The predicted octanol–water partition coefficient (Wildman–Crippen LogP) is 3.63. The Morgan fingerprint density at radius 3 is 2.45 bits per heavy atom. The number of hydrogen-bond donors (Lipinski definition) is 1. The molecule has 0 saturated heterocycles. The van der Waals surface area contributed by atoms with E-state index in [0.717, 1.165) is 22.7 Å². The molecule has 4 heteroatoms. The van der Waals surface area contributed by atoms with E-state index in [0.29, 0.717) is 11.3 Å². The average Bonchev–Trinajstić information content (AvgIpc) is 2.48. The van der Waals surface area contributed by atoms with Gasteiger partial charge < -0.3 is 14.8 Å². The van der Waals surface area contributed by atoms with E-state index in [1.54, 1.807) is 14.2 Å². The number of nitrogens with zero attached hydrogens (tertiary/aromatic N) is 1. The number of hydrogen-bond acceptors (Lipinski definition) is 4. The molecular formula is C16H16N2O2. The fraction of sp³-hybridized carbons (Fsp3) is 0.188. The van der Waals surface area contributed by atoms with Crippen LogP contribution in [0.2, 0.25) is 0 Å². The molecule has 0 saturated carbocycles. The third-order valence-electron chi connectivity index (χ3n) is 2.97. The van der Waals surface area contributed by atoms with Crippen molar-refractivity contribution in [2.24, 2.45) is 0 Å². The van der Waals surface area contributed by atoms with E-state index < -0.39 is 0 Å². The maximum absolute atomic E-state index is 9.20. The molecule has 0 aliphatic heterocycles. The van der Waals surface area contributed by atoms with Crippen molar-refractivity contribution in [1.29, 1.82) is 5.26 Å². The quantitative estimate of drug-likeness (QED) is 0.920. The van der Waals surface area contributed by atoms with E-state index >= 15 is 0 Å². The van der Waals surface area contributed by atoms with Crippen LogP contribution in [0.15, 0.2) is 36.4 Å². The Labute approximate surface area is 118 Å². The number of benzene rings is 2. The molecule has 2 aromatic carbocycles. The van der Waals surface area contributed by atoms with E-state index in [2.05, 4.69) is 11.4 Å². The Balaban J connectivity index is 2.41. The molecule has 102 valence electrons. The molecule has 4 nitrogen and oxygen atoms in total. The van der Waals surface area contributed by atoms with Gasteiger partial charge in [-0.3, -0.25) is 0 Å². The molecule has 0 fully saturated rings. The van der Waals surface area contributed by atoms with Gasteiger partial charge >= 0.3 is 0 Å². The summed E-state index contributed by atoms with van der Waals surface area (Å²) in [5.41, 5.74) is 3.14. The number of nitrogens with one attached hydrogen (secondary N) is 1. The molecule has 0 atom stereocenters. The maximum atomic E-state index is 9.20. The van der Waals surface area contributed by atoms with Crippen molar-refractivity contribution in [3.8, 4) is 17.6 Å². The molecule has 0 bridgehead atoms. The molecule has 0 aliphatic rings. The topological polar surface area (TPSA) is 54.3 Å². The lowest BCUT2D eigenvalue weighted by Gasteiger charge is -2.13. The monoisotopic (exact) mass is 268 g/mol. The zero-order chi connectivity index (χ0) is 14.5. The molecule has 0 aliphatic carbocycles. The first-order chi connectivity index (χ1) is 9.67. The highest BCUT2D eigenvalue weighted by Crippen LogP contribution is 2.32. The van der Waals surface area contributed by atoms with Crippen molar-refractivity contribution < 1.29 is 9.47 Å². The second-order valence-corrected chi connectivity index (χ2v) is 4.35. The van der Waals surface area contributed by atoms with Crippen LogP contribution in [0.1, 0.15) is 11.1 Å². The normalized spacial score (nSPS) is 9.70. The first kappa shape index (κ1) is 13.8. The van der Waals surface area contributed by atoms with Gasteiger partial charge in [0.1, 0.15) is 17.6 Å². The fourth-order valence-corrected chi connectivity index (χ4v) is 1.92. The van der Waals surface area contributed by atoms with E-state index in [1.165, 1.54) is 0 Å². The third kappa shape index (κ3) is 2.83. The Bertz CT molecular complexity index is 660. The maximum Gasteiger partial charge on any atom is 0.142 e. The summed E-state index contributed by atoms with van der Waals surface area (Å²) >= 11 is 0. The Kier molecular flexibility index (Phi) is 4.11. The molecule has 20 heavy (non-hydrogen) atoms. The third-order valence-corrected chi connectivity index (χ3v) is 2.97. The van der Waals surface area contributed by atoms with Gasteiger partial charge in [0.25, 0.3) is 0 Å². The second-order valence-electron chi connectivity index (χ2n) is 4.35. The highest BCUT2D eigenvalue weighted by molar-refractivity contribution is 5.72. The molecule has 1 N–H and O–H groups in total. The summed E-state index contributed by atoms with van der Waals surface area (Å²) in [6.07, 6.45) is 0. The number of rotatable bonds is 4. The zero-order valence-corrected chi connectivity index (χ0v) is 11.7. The van der Waals surface area contributed by atoms with Crippen LogP contribution in [-0.4, -0.2) is 14.2 Å². The van der Waals surface area contributed by atoms with Crippen LogP contribution in [0.3, 0.4) is 0 Å². The van der Waals surface area contributed by atoms with Crippen molar-refractivity contribution in [2.75, 3.05) is 19.5 Å². The summed E-state index contributed by atoms with van der Waals surface area (Å²) in [6, 6.07) is 13.3. The van der Waals surface area contributed by atoms with Gasteiger partial charge in [0.05, 0.1) is 31.2 Å². The predicted molar refractivity (Wildman–Crippen MR) is 78.7 cm³/mol. The van der Waals surface area contributed by atoms with E-state index in [-0.39, 0.29) is 0 Å². The van der Waals surface area contributed by atoms with Gasteiger partial charge in [-0.1, -0.05) is 6.07 Å². The van der Waals surface area contributed by atoms with Crippen molar-refractivity contribution in [2.45, 2.75) is 6.92 Å². The van der Waals surface area contributed by atoms with Crippen molar-refractivity contribution >= 4 is 11.4 Å². The Hall–Kier alpha value is -2.67. The van der Waals surface area contributed by atoms with Gasteiger partial charge in [-0.2, -0.15) is 5.26 Å². The van der Waals surface area contributed by atoms with Gasteiger partial charge in [-0.25, -0.2) is 0 Å². The lowest BCUT2D eigenvalue weighted by molar-refractivity contribution is 0.405. The minimum atomic E-state index is 0.592. The largest absolute Gasteiger partial charge is 0.497 e. The molecule has 2 aromatic rings. The van der Waals surface area contributed by atoms with Crippen LogP contribution < -0.4 is 14.8 Å². The first-order valence-electron chi connectivity index (χ1n) is 6.17. The second kappa shape index (κ2) is 5.98. The van der Waals surface area contributed by atoms with E-state index in [9.17, 15) is 5.26 Å². The standard InChI is InChI=1S/C16H16N2O2/c1-11-4-6-14(12(8-11)10-17)18-15-9-13(19-2)5-7-16(15)20-3/h4-9,18H,1-3H3. The molecule has 0 radical (unpaired) electrons. The highest BCUT2D eigenvalue weighted by atomic mass is 16.5. The lowest BCUT2D eigenvalue weighted by atomic mass is 10.1. The van der Waals surface area contributed by atoms with Gasteiger partial charge in [0.2, 0.25) is 0 Å². The Morgan fingerprint density at radius 2 is 1.80 bits per heavy atom. The number of ether oxygens (including phenoxy) is 2. The van der Waals surface area contributed by atoms with Gasteiger partial charge in [-0.05, 0) is 36.8 Å². The van der Waals surface area contributed by atoms with Crippen molar-refractivity contribution in [3.63, 3.8) is 0 Å². The molecule has 2 rings (SSSR count). The van der Waals surface area contributed by atoms with Crippen LogP contribution in [0.5, 0.6) is 11.5 Å². The minimum absolute atomic E-state index is 0.592. The number of methoxy groups -OCH3 is 2. The van der Waals surface area contributed by atoms with Crippen molar-refractivity contribution in [1.82, 2.24) is 0 Å². The summed E-state index contributed by atoms with van der Waals surface area (Å²) in [5.74, 6) is 1.41. The Morgan fingerprint density at radius 1 is 1.00 bits per heavy atom. The summed E-state index contributed by atoms with van der Waals surface area (Å²) < 4.78 is 10.5. The average molecular weight is 268 g/mol.